The van der Waals surface area contributed by atoms with Crippen molar-refractivity contribution in [3.05, 3.63) is 59.7 Å². The molecule has 2 aromatic rings. The first-order valence-corrected chi connectivity index (χ1v) is 5.58. The fourth-order valence-corrected chi connectivity index (χ4v) is 1.67. The van der Waals surface area contributed by atoms with Gasteiger partial charge in [-0.05, 0) is 17.7 Å². The van der Waals surface area contributed by atoms with Crippen molar-refractivity contribution in [1.82, 2.24) is 9.97 Å². The summed E-state index contributed by atoms with van der Waals surface area (Å²) in [5.41, 5.74) is -0.346. The van der Waals surface area contributed by atoms with Crippen LogP contribution in [-0.4, -0.2) is 15.1 Å². The van der Waals surface area contributed by atoms with Gasteiger partial charge in [-0.3, -0.25) is 0 Å². The van der Waals surface area contributed by atoms with Crippen LogP contribution in [0.5, 0.6) is 0 Å². The summed E-state index contributed by atoms with van der Waals surface area (Å²) in [4.78, 5) is 7.73. The molecule has 6 heteroatoms. The maximum Gasteiger partial charge on any atom is 0.416 e. The second-order valence-corrected chi connectivity index (χ2v) is 4.03. The summed E-state index contributed by atoms with van der Waals surface area (Å²) in [5.74, 6) is 0.194. The minimum absolute atomic E-state index is 0.0356. The number of nitrogens with zero attached hydrogens (tertiary/aromatic N) is 2. The first-order valence-electron chi connectivity index (χ1n) is 5.58. The lowest BCUT2D eigenvalue weighted by molar-refractivity contribution is -0.137. The normalized spacial score (nSPS) is 13.3. The van der Waals surface area contributed by atoms with Crippen molar-refractivity contribution < 1.29 is 18.3 Å². The summed E-state index contributed by atoms with van der Waals surface area (Å²) >= 11 is 0. The molecule has 100 valence electrons. The second-order valence-electron chi connectivity index (χ2n) is 4.03. The molecule has 1 heterocycles. The fourth-order valence-electron chi connectivity index (χ4n) is 1.67. The summed E-state index contributed by atoms with van der Waals surface area (Å²) in [6.45, 7) is 0. The van der Waals surface area contributed by atoms with E-state index in [1.165, 1.54) is 24.5 Å². The number of aliphatic hydroxyl groups excluding tert-OH is 1. The predicted octanol–water partition coefficient (Wildman–Crippen LogP) is 2.77. The number of aliphatic hydroxyl groups is 1. The van der Waals surface area contributed by atoms with E-state index in [0.29, 0.717) is 5.56 Å². The van der Waals surface area contributed by atoms with Gasteiger partial charge in [0.25, 0.3) is 0 Å². The van der Waals surface area contributed by atoms with Gasteiger partial charge in [-0.2, -0.15) is 13.2 Å². The molecule has 0 saturated carbocycles. The molecule has 0 fully saturated rings. The van der Waals surface area contributed by atoms with Gasteiger partial charge in [0, 0.05) is 18.8 Å². The standard InChI is InChI=1S/C13H11F3N2O/c14-13(15,16)10-4-1-3-9(7-10)8-11(19)12-17-5-2-6-18-12/h1-7,11,19H,8H2. The third-order valence-electron chi connectivity index (χ3n) is 2.57. The Morgan fingerprint density at radius 1 is 1.11 bits per heavy atom. The van der Waals surface area contributed by atoms with Crippen molar-refractivity contribution in [2.45, 2.75) is 18.7 Å². The minimum atomic E-state index is -4.38. The molecule has 3 nitrogen and oxygen atoms in total. The van der Waals surface area contributed by atoms with Crippen LogP contribution >= 0.6 is 0 Å². The molecule has 2 rings (SSSR count). The van der Waals surface area contributed by atoms with Crippen molar-refractivity contribution >= 4 is 0 Å². The Morgan fingerprint density at radius 2 is 1.79 bits per heavy atom. The van der Waals surface area contributed by atoms with Gasteiger partial charge in [0.15, 0.2) is 5.82 Å². The van der Waals surface area contributed by atoms with E-state index in [1.807, 2.05) is 0 Å². The summed E-state index contributed by atoms with van der Waals surface area (Å²) in [6.07, 6.45) is -2.43. The van der Waals surface area contributed by atoms with Crippen molar-refractivity contribution in [3.63, 3.8) is 0 Å². The van der Waals surface area contributed by atoms with Gasteiger partial charge in [-0.15, -0.1) is 0 Å². The quantitative estimate of drug-likeness (QED) is 0.931. The van der Waals surface area contributed by atoms with Crippen LogP contribution in [0.3, 0.4) is 0 Å². The lowest BCUT2D eigenvalue weighted by atomic mass is 10.0. The van der Waals surface area contributed by atoms with E-state index in [1.54, 1.807) is 6.07 Å². The number of hydrogen-bond acceptors (Lipinski definition) is 3. The van der Waals surface area contributed by atoms with Crippen LogP contribution in [0.1, 0.15) is 23.1 Å². The zero-order chi connectivity index (χ0) is 13.9. The largest absolute Gasteiger partial charge is 0.416 e. The Morgan fingerprint density at radius 3 is 2.42 bits per heavy atom. The van der Waals surface area contributed by atoms with E-state index in [-0.39, 0.29) is 12.2 Å². The summed E-state index contributed by atoms with van der Waals surface area (Å²) in [5, 5.41) is 9.86. The van der Waals surface area contributed by atoms with Crippen LogP contribution in [0, 0.1) is 0 Å². The second kappa shape index (κ2) is 5.36. The molecule has 1 aromatic carbocycles. The highest BCUT2D eigenvalue weighted by Crippen LogP contribution is 2.30. The number of alkyl halides is 3. The molecule has 1 unspecified atom stereocenters. The molecule has 0 aliphatic heterocycles. The Bertz CT molecular complexity index is 543. The van der Waals surface area contributed by atoms with Crippen LogP contribution in [-0.2, 0) is 12.6 Å². The topological polar surface area (TPSA) is 46.0 Å². The van der Waals surface area contributed by atoms with Gasteiger partial charge in [0.2, 0.25) is 0 Å². The summed E-state index contributed by atoms with van der Waals surface area (Å²) in [6, 6.07) is 6.46. The smallest absolute Gasteiger partial charge is 0.385 e. The molecular weight excluding hydrogens is 257 g/mol. The lowest BCUT2D eigenvalue weighted by Gasteiger charge is -2.11. The van der Waals surface area contributed by atoms with Crippen LogP contribution in [0.2, 0.25) is 0 Å². The molecule has 0 radical (unpaired) electrons. The molecule has 1 atom stereocenters. The lowest BCUT2D eigenvalue weighted by Crippen LogP contribution is -2.08. The predicted molar refractivity (Wildman–Crippen MR) is 62.1 cm³/mol. The van der Waals surface area contributed by atoms with E-state index >= 15 is 0 Å². The van der Waals surface area contributed by atoms with Crippen LogP contribution in [0.4, 0.5) is 13.2 Å². The van der Waals surface area contributed by atoms with Crippen molar-refractivity contribution in [1.29, 1.82) is 0 Å². The summed E-state index contributed by atoms with van der Waals surface area (Å²) in [7, 11) is 0. The molecule has 1 N–H and O–H groups in total. The van der Waals surface area contributed by atoms with Crippen molar-refractivity contribution in [2.24, 2.45) is 0 Å². The number of benzene rings is 1. The Labute approximate surface area is 107 Å². The highest BCUT2D eigenvalue weighted by atomic mass is 19.4. The van der Waals surface area contributed by atoms with Gasteiger partial charge < -0.3 is 5.11 Å². The third kappa shape index (κ3) is 3.51. The van der Waals surface area contributed by atoms with Crippen molar-refractivity contribution in [3.8, 4) is 0 Å². The SMILES string of the molecule is OC(Cc1cccc(C(F)(F)F)c1)c1ncccn1. The zero-order valence-electron chi connectivity index (χ0n) is 9.80. The molecule has 1 aromatic heterocycles. The molecule has 0 spiro atoms. The van der Waals surface area contributed by atoms with E-state index in [2.05, 4.69) is 9.97 Å². The number of hydrogen-bond donors (Lipinski definition) is 1. The van der Waals surface area contributed by atoms with Gasteiger partial charge in [-0.1, -0.05) is 18.2 Å². The fraction of sp³-hybridized carbons (Fsp3) is 0.231. The first-order chi connectivity index (χ1) is 8.97. The van der Waals surface area contributed by atoms with E-state index in [4.69, 9.17) is 0 Å². The molecule has 19 heavy (non-hydrogen) atoms. The van der Waals surface area contributed by atoms with Gasteiger partial charge >= 0.3 is 6.18 Å². The van der Waals surface area contributed by atoms with Crippen LogP contribution in [0.15, 0.2) is 42.7 Å². The van der Waals surface area contributed by atoms with E-state index < -0.39 is 17.8 Å². The first kappa shape index (κ1) is 13.5. The average Bonchev–Trinajstić information content (AvgIpc) is 2.39. The van der Waals surface area contributed by atoms with Crippen LogP contribution < -0.4 is 0 Å². The Kier molecular flexibility index (Phi) is 3.80. The van der Waals surface area contributed by atoms with E-state index in [9.17, 15) is 18.3 Å². The van der Waals surface area contributed by atoms with Crippen LogP contribution in [0.25, 0.3) is 0 Å². The van der Waals surface area contributed by atoms with Gasteiger partial charge in [-0.25, -0.2) is 9.97 Å². The maximum absolute atomic E-state index is 12.5. The Hall–Kier alpha value is -1.95. The molecule has 0 aliphatic rings. The molecule has 0 aliphatic carbocycles. The Balaban J connectivity index is 2.16. The molecule has 0 amide bonds. The highest BCUT2D eigenvalue weighted by molar-refractivity contribution is 5.26. The van der Waals surface area contributed by atoms with Crippen molar-refractivity contribution in [2.75, 3.05) is 0 Å². The third-order valence-corrected chi connectivity index (χ3v) is 2.57. The molecular formula is C13H11F3N2O. The highest BCUT2D eigenvalue weighted by Gasteiger charge is 2.30. The maximum atomic E-state index is 12.5. The number of halogens is 3. The minimum Gasteiger partial charge on any atom is -0.385 e. The van der Waals surface area contributed by atoms with Gasteiger partial charge in [0.05, 0.1) is 5.56 Å². The summed E-state index contributed by atoms with van der Waals surface area (Å²) < 4.78 is 37.6. The van der Waals surface area contributed by atoms with Gasteiger partial charge in [0.1, 0.15) is 6.10 Å². The number of aromatic nitrogens is 2. The number of rotatable bonds is 3. The average molecular weight is 268 g/mol. The van der Waals surface area contributed by atoms with E-state index in [0.717, 1.165) is 12.1 Å². The molecule has 0 bridgehead atoms. The molecule has 0 saturated heterocycles. The monoisotopic (exact) mass is 268 g/mol. The zero-order valence-corrected chi connectivity index (χ0v) is 9.80.